The molecular weight excluding hydrogens is 396 g/mol. The lowest BCUT2D eigenvalue weighted by atomic mass is 10.1. The first-order valence-electron chi connectivity index (χ1n) is 9.81. The summed E-state index contributed by atoms with van der Waals surface area (Å²) >= 11 is 0. The lowest BCUT2D eigenvalue weighted by Gasteiger charge is -2.14. The van der Waals surface area contributed by atoms with Gasteiger partial charge in [-0.15, -0.1) is 0 Å². The number of nitrogens with one attached hydrogen (secondary N) is 2. The van der Waals surface area contributed by atoms with Gasteiger partial charge in [0.15, 0.2) is 11.5 Å². The zero-order valence-corrected chi connectivity index (χ0v) is 18.9. The third-order valence-electron chi connectivity index (χ3n) is 4.04. The van der Waals surface area contributed by atoms with Crippen LogP contribution in [-0.4, -0.2) is 52.0 Å². The van der Waals surface area contributed by atoms with Crippen molar-refractivity contribution in [2.75, 3.05) is 47.3 Å². The fourth-order valence-corrected chi connectivity index (χ4v) is 2.75. The van der Waals surface area contributed by atoms with Gasteiger partial charge in [0.1, 0.15) is 5.75 Å². The number of anilines is 2. The molecule has 3 rings (SSSR count). The van der Waals surface area contributed by atoms with Crippen LogP contribution in [0.4, 0.5) is 11.6 Å². The van der Waals surface area contributed by atoms with E-state index in [9.17, 15) is 0 Å². The summed E-state index contributed by atoms with van der Waals surface area (Å²) in [6.07, 6.45) is 1.71. The van der Waals surface area contributed by atoms with Crippen molar-refractivity contribution in [1.82, 2.24) is 15.3 Å². The zero-order valence-electron chi connectivity index (χ0n) is 18.9. The lowest BCUT2D eigenvalue weighted by Crippen LogP contribution is -2.00. The van der Waals surface area contributed by atoms with Crippen LogP contribution in [0.25, 0.3) is 11.3 Å². The van der Waals surface area contributed by atoms with Gasteiger partial charge in [0.25, 0.3) is 0 Å². The molecule has 1 heterocycles. The molecule has 0 aliphatic heterocycles. The van der Waals surface area contributed by atoms with E-state index in [-0.39, 0.29) is 0 Å². The molecule has 0 amide bonds. The SMILES string of the molecule is CCOc1ccc(-c2ccnc(Nc3cc(OC)c(OC)c(OC)c3)n2)cc1.CNC. The average molecular weight is 427 g/mol. The highest BCUT2D eigenvalue weighted by molar-refractivity contribution is 5.67. The summed E-state index contributed by atoms with van der Waals surface area (Å²) in [6, 6.07) is 13.2. The number of nitrogens with zero attached hydrogens (tertiary/aromatic N) is 2. The van der Waals surface area contributed by atoms with Gasteiger partial charge >= 0.3 is 0 Å². The van der Waals surface area contributed by atoms with Crippen molar-refractivity contribution in [1.29, 1.82) is 0 Å². The van der Waals surface area contributed by atoms with E-state index < -0.39 is 0 Å². The van der Waals surface area contributed by atoms with E-state index in [0.717, 1.165) is 22.7 Å². The third kappa shape index (κ3) is 6.48. The largest absolute Gasteiger partial charge is 0.494 e. The van der Waals surface area contributed by atoms with Gasteiger partial charge in [-0.2, -0.15) is 0 Å². The average Bonchev–Trinajstić information content (AvgIpc) is 2.80. The second-order valence-corrected chi connectivity index (χ2v) is 6.26. The molecule has 0 saturated heterocycles. The monoisotopic (exact) mass is 426 g/mol. The predicted molar refractivity (Wildman–Crippen MR) is 123 cm³/mol. The Bertz CT molecular complexity index is 924. The van der Waals surface area contributed by atoms with Crippen LogP contribution in [0.1, 0.15) is 6.92 Å². The fraction of sp³-hybridized carbons (Fsp3) is 0.304. The van der Waals surface area contributed by atoms with E-state index in [1.165, 1.54) is 0 Å². The second-order valence-electron chi connectivity index (χ2n) is 6.26. The van der Waals surface area contributed by atoms with Gasteiger partial charge in [0.2, 0.25) is 11.7 Å². The van der Waals surface area contributed by atoms with Crippen molar-refractivity contribution < 1.29 is 18.9 Å². The molecule has 3 aromatic rings. The van der Waals surface area contributed by atoms with Crippen LogP contribution in [0, 0.1) is 0 Å². The number of hydrogen-bond acceptors (Lipinski definition) is 8. The maximum atomic E-state index is 5.48. The van der Waals surface area contributed by atoms with Crippen LogP contribution in [-0.2, 0) is 0 Å². The first-order valence-corrected chi connectivity index (χ1v) is 9.81. The Labute approximate surface area is 183 Å². The number of rotatable bonds is 8. The highest BCUT2D eigenvalue weighted by Crippen LogP contribution is 2.40. The summed E-state index contributed by atoms with van der Waals surface area (Å²) < 4.78 is 21.6. The molecular formula is C23H30N4O4. The standard InChI is InChI=1S/C21H23N3O4.C2H7N/c1-5-28-16-8-6-14(7-9-16)17-10-11-22-21(24-17)23-15-12-18(25-2)20(27-4)19(13-15)26-3;1-3-2/h6-13H,5H2,1-4H3,(H,22,23,24);3H,1-2H3. The zero-order chi connectivity index (χ0) is 22.6. The Morgan fingerprint density at radius 1 is 0.871 bits per heavy atom. The van der Waals surface area contributed by atoms with Crippen LogP contribution in [0.15, 0.2) is 48.7 Å². The van der Waals surface area contributed by atoms with Crippen molar-refractivity contribution in [3.8, 4) is 34.3 Å². The summed E-state index contributed by atoms with van der Waals surface area (Å²) in [5, 5.41) is 5.93. The quantitative estimate of drug-likeness (QED) is 0.556. The molecule has 0 aliphatic carbocycles. The van der Waals surface area contributed by atoms with Crippen LogP contribution >= 0.6 is 0 Å². The number of benzene rings is 2. The topological polar surface area (TPSA) is 86.8 Å². The molecule has 0 radical (unpaired) electrons. The molecule has 8 heteroatoms. The first kappa shape index (κ1) is 23.8. The first-order chi connectivity index (χ1) is 15.1. The molecule has 0 saturated carbocycles. The Balaban J connectivity index is 0.00000107. The van der Waals surface area contributed by atoms with E-state index >= 15 is 0 Å². The summed E-state index contributed by atoms with van der Waals surface area (Å²) in [4.78, 5) is 8.89. The minimum absolute atomic E-state index is 0.459. The second kappa shape index (κ2) is 12.2. The van der Waals surface area contributed by atoms with Gasteiger partial charge in [0.05, 0.1) is 33.6 Å². The maximum Gasteiger partial charge on any atom is 0.227 e. The molecule has 0 bridgehead atoms. The number of ether oxygens (including phenoxy) is 4. The number of aromatic nitrogens is 2. The Morgan fingerprint density at radius 2 is 1.48 bits per heavy atom. The van der Waals surface area contributed by atoms with E-state index in [2.05, 4.69) is 20.6 Å². The molecule has 0 spiro atoms. The number of methoxy groups -OCH3 is 3. The van der Waals surface area contributed by atoms with E-state index in [4.69, 9.17) is 18.9 Å². The smallest absolute Gasteiger partial charge is 0.227 e. The van der Waals surface area contributed by atoms with Gasteiger partial charge < -0.3 is 29.6 Å². The van der Waals surface area contributed by atoms with E-state index in [1.54, 1.807) is 39.7 Å². The van der Waals surface area contributed by atoms with Gasteiger partial charge in [-0.1, -0.05) is 0 Å². The van der Waals surface area contributed by atoms with Gasteiger partial charge in [-0.3, -0.25) is 0 Å². The van der Waals surface area contributed by atoms with Crippen LogP contribution < -0.4 is 29.6 Å². The van der Waals surface area contributed by atoms with Gasteiger partial charge in [0, 0.05) is 29.6 Å². The molecule has 0 unspecified atom stereocenters. The van der Waals surface area contributed by atoms with Gasteiger partial charge in [-0.25, -0.2) is 9.97 Å². The normalized spacial score (nSPS) is 9.87. The molecule has 31 heavy (non-hydrogen) atoms. The van der Waals surface area contributed by atoms with Crippen LogP contribution in [0.3, 0.4) is 0 Å². The molecule has 0 atom stereocenters. The molecule has 2 aromatic carbocycles. The predicted octanol–water partition coefficient (Wildman–Crippen LogP) is 4.15. The summed E-state index contributed by atoms with van der Waals surface area (Å²) in [5.74, 6) is 2.91. The minimum Gasteiger partial charge on any atom is -0.494 e. The maximum absolute atomic E-state index is 5.48. The highest BCUT2D eigenvalue weighted by Gasteiger charge is 2.14. The summed E-state index contributed by atoms with van der Waals surface area (Å²) in [7, 11) is 8.46. The van der Waals surface area contributed by atoms with Crippen molar-refractivity contribution in [2.45, 2.75) is 6.92 Å². The molecule has 1 aromatic heterocycles. The van der Waals surface area contributed by atoms with Crippen molar-refractivity contribution in [3.05, 3.63) is 48.7 Å². The van der Waals surface area contributed by atoms with Crippen LogP contribution in [0.2, 0.25) is 0 Å². The Morgan fingerprint density at radius 3 is 2.00 bits per heavy atom. The molecule has 2 N–H and O–H groups in total. The molecule has 0 fully saturated rings. The minimum atomic E-state index is 0.459. The summed E-state index contributed by atoms with van der Waals surface area (Å²) in [6.45, 7) is 2.59. The van der Waals surface area contributed by atoms with Crippen molar-refractivity contribution in [3.63, 3.8) is 0 Å². The number of hydrogen-bond donors (Lipinski definition) is 2. The Kier molecular flexibility index (Phi) is 9.38. The summed E-state index contributed by atoms with van der Waals surface area (Å²) in [5.41, 5.74) is 2.49. The van der Waals surface area contributed by atoms with Crippen molar-refractivity contribution >= 4 is 11.6 Å². The van der Waals surface area contributed by atoms with Crippen LogP contribution in [0.5, 0.6) is 23.0 Å². The fourth-order valence-electron chi connectivity index (χ4n) is 2.75. The Hall–Kier alpha value is -3.52. The van der Waals surface area contributed by atoms with Gasteiger partial charge in [-0.05, 0) is 51.4 Å². The molecule has 166 valence electrons. The lowest BCUT2D eigenvalue weighted by molar-refractivity contribution is 0.324. The molecule has 8 nitrogen and oxygen atoms in total. The van der Waals surface area contributed by atoms with E-state index in [0.29, 0.717) is 29.8 Å². The highest BCUT2D eigenvalue weighted by atomic mass is 16.5. The van der Waals surface area contributed by atoms with Crippen molar-refractivity contribution in [2.24, 2.45) is 0 Å². The molecule has 0 aliphatic rings. The van der Waals surface area contributed by atoms with E-state index in [1.807, 2.05) is 51.4 Å². The third-order valence-corrected chi connectivity index (χ3v) is 4.04.